The highest BCUT2D eigenvalue weighted by Crippen LogP contribution is 2.47. The first kappa shape index (κ1) is 20.2. The monoisotopic (exact) mass is 478 g/mol. The summed E-state index contributed by atoms with van der Waals surface area (Å²) in [5.74, 6) is 0. The molecule has 0 fully saturated rings. The van der Waals surface area contributed by atoms with Gasteiger partial charge in [0.1, 0.15) is 5.25 Å². The van der Waals surface area contributed by atoms with Crippen LogP contribution in [-0.2, 0) is 20.2 Å². The van der Waals surface area contributed by atoms with Crippen molar-refractivity contribution < 1.29 is 25.9 Å². The molecule has 0 radical (unpaired) electrons. The number of rotatable bonds is 2. The number of aromatic nitrogens is 2. The summed E-state index contributed by atoms with van der Waals surface area (Å²) >= 11 is 0. The van der Waals surface area contributed by atoms with Crippen LogP contribution >= 0.6 is 0 Å². The molecule has 0 aliphatic heterocycles. The quantitative estimate of drug-likeness (QED) is 0.364. The van der Waals surface area contributed by atoms with Gasteiger partial charge in [0.25, 0.3) is 20.2 Å². The van der Waals surface area contributed by atoms with Crippen molar-refractivity contribution >= 4 is 54.2 Å². The van der Waals surface area contributed by atoms with E-state index in [2.05, 4.69) is 0 Å². The minimum Gasteiger partial charge on any atom is -0.285 e. The summed E-state index contributed by atoms with van der Waals surface area (Å²) in [5, 5.41) is 0.314. The van der Waals surface area contributed by atoms with Gasteiger partial charge in [-0.15, -0.1) is 0 Å². The molecule has 1 atom stereocenters. The number of nitrogens with zero attached hydrogens (tertiary/aromatic N) is 2. The van der Waals surface area contributed by atoms with Crippen LogP contribution in [0, 0.1) is 0 Å². The lowest BCUT2D eigenvalue weighted by atomic mass is 10.0. The highest BCUT2D eigenvalue weighted by molar-refractivity contribution is 7.86. The molecule has 6 rings (SSSR count). The van der Waals surface area contributed by atoms with E-state index in [0.29, 0.717) is 38.9 Å². The molecular formula is C23H14N2O6S2. The normalized spacial score (nSPS) is 16.7. The SMILES string of the molecule is O=S(=O)(O)c1cc2c3c(cccc3c1)-c1nc3cc4c(cc3nc1-2)C=CC(S(=O)(=O)O)C=C4. The Morgan fingerprint density at radius 3 is 1.94 bits per heavy atom. The van der Waals surface area contributed by atoms with Crippen LogP contribution in [0.5, 0.6) is 0 Å². The molecule has 3 aromatic carbocycles. The van der Waals surface area contributed by atoms with Gasteiger partial charge in [0.2, 0.25) is 0 Å². The van der Waals surface area contributed by atoms with Gasteiger partial charge in [0.15, 0.2) is 0 Å². The Kier molecular flexibility index (Phi) is 4.01. The molecule has 164 valence electrons. The topological polar surface area (TPSA) is 135 Å². The summed E-state index contributed by atoms with van der Waals surface area (Å²) in [6, 6.07) is 11.8. The van der Waals surface area contributed by atoms with E-state index in [0.717, 1.165) is 16.5 Å². The van der Waals surface area contributed by atoms with E-state index in [9.17, 15) is 25.9 Å². The first-order chi connectivity index (χ1) is 15.6. The fraction of sp³-hybridized carbons (Fsp3) is 0.0435. The Labute approximate surface area is 188 Å². The molecule has 1 aromatic heterocycles. The van der Waals surface area contributed by atoms with Gasteiger partial charge in [-0.05, 0) is 40.8 Å². The van der Waals surface area contributed by atoms with E-state index < -0.39 is 25.5 Å². The molecule has 4 aromatic rings. The first-order valence-corrected chi connectivity index (χ1v) is 12.8. The molecule has 2 aliphatic rings. The highest BCUT2D eigenvalue weighted by Gasteiger charge is 2.27. The van der Waals surface area contributed by atoms with E-state index in [1.807, 2.05) is 6.07 Å². The van der Waals surface area contributed by atoms with Gasteiger partial charge in [-0.25, -0.2) is 9.97 Å². The van der Waals surface area contributed by atoms with Crippen molar-refractivity contribution in [2.75, 3.05) is 0 Å². The van der Waals surface area contributed by atoms with Gasteiger partial charge in [0.05, 0.1) is 27.3 Å². The molecule has 2 N–H and O–H groups in total. The van der Waals surface area contributed by atoms with Crippen LogP contribution in [0.4, 0.5) is 0 Å². The standard InChI is InChI=1S/C23H14N2O6S2/c26-32(27,28)15-6-4-12-9-19-20(10-13(12)5-7-15)25-23-18-11-16(33(29,30)31)8-14-2-1-3-17(21(14)18)22(23)24-19/h1-11,15H,(H,26,27,28)(H,29,30,31). The third-order valence-electron chi connectivity index (χ3n) is 5.90. The van der Waals surface area contributed by atoms with Crippen LogP contribution < -0.4 is 0 Å². The minimum atomic E-state index is -4.42. The van der Waals surface area contributed by atoms with Crippen molar-refractivity contribution in [1.82, 2.24) is 9.97 Å². The third kappa shape index (κ3) is 3.10. The highest BCUT2D eigenvalue weighted by atomic mass is 32.2. The molecule has 10 heteroatoms. The van der Waals surface area contributed by atoms with Crippen LogP contribution in [0.2, 0.25) is 0 Å². The zero-order chi connectivity index (χ0) is 23.1. The van der Waals surface area contributed by atoms with E-state index in [1.165, 1.54) is 24.3 Å². The maximum absolute atomic E-state index is 11.8. The molecule has 0 spiro atoms. The molecule has 0 amide bonds. The van der Waals surface area contributed by atoms with Gasteiger partial charge in [-0.3, -0.25) is 9.11 Å². The Bertz CT molecular complexity index is 1820. The number of fused-ring (bicyclic) bond motifs is 5. The minimum absolute atomic E-state index is 0.219. The van der Waals surface area contributed by atoms with E-state index >= 15 is 0 Å². The first-order valence-electron chi connectivity index (χ1n) is 9.83. The second-order valence-corrected chi connectivity index (χ2v) is 10.9. The van der Waals surface area contributed by atoms with Crippen LogP contribution in [0.15, 0.2) is 59.5 Å². The molecule has 1 heterocycles. The Balaban J connectivity index is 1.61. The van der Waals surface area contributed by atoms with Crippen LogP contribution in [0.3, 0.4) is 0 Å². The molecule has 2 aliphatic carbocycles. The van der Waals surface area contributed by atoms with Crippen molar-refractivity contribution in [2.45, 2.75) is 10.1 Å². The third-order valence-corrected chi connectivity index (χ3v) is 7.74. The van der Waals surface area contributed by atoms with Gasteiger partial charge >= 0.3 is 0 Å². The van der Waals surface area contributed by atoms with E-state index in [1.54, 1.807) is 36.4 Å². The molecule has 0 saturated carbocycles. The predicted octanol–water partition coefficient (Wildman–Crippen LogP) is 3.97. The molecule has 0 saturated heterocycles. The number of hydrogen-bond donors (Lipinski definition) is 2. The van der Waals surface area contributed by atoms with Crippen LogP contribution in [0.1, 0.15) is 11.1 Å². The van der Waals surface area contributed by atoms with Gasteiger partial charge in [0, 0.05) is 16.5 Å². The summed E-state index contributed by atoms with van der Waals surface area (Å²) in [6.45, 7) is 0. The van der Waals surface area contributed by atoms with Gasteiger partial charge in [-0.1, -0.05) is 42.5 Å². The summed E-state index contributed by atoms with van der Waals surface area (Å²) < 4.78 is 65.7. The largest absolute Gasteiger partial charge is 0.294 e. The number of hydrogen-bond acceptors (Lipinski definition) is 6. The fourth-order valence-corrected chi connectivity index (χ4v) is 5.49. The molecule has 1 unspecified atom stereocenters. The summed E-state index contributed by atoms with van der Waals surface area (Å²) in [5.41, 5.74) is 5.02. The zero-order valence-electron chi connectivity index (χ0n) is 16.7. The lowest BCUT2D eigenvalue weighted by molar-refractivity contribution is 0.479. The molecule has 0 bridgehead atoms. The lowest BCUT2D eigenvalue weighted by Gasteiger charge is -2.07. The predicted molar refractivity (Wildman–Crippen MR) is 125 cm³/mol. The fourth-order valence-electron chi connectivity index (χ4n) is 4.39. The van der Waals surface area contributed by atoms with Crippen molar-refractivity contribution in [3.8, 4) is 22.5 Å². The molecule has 8 nitrogen and oxygen atoms in total. The van der Waals surface area contributed by atoms with Gasteiger partial charge < -0.3 is 0 Å². The average Bonchev–Trinajstić information content (AvgIpc) is 2.90. The summed E-state index contributed by atoms with van der Waals surface area (Å²) in [4.78, 5) is 9.34. The van der Waals surface area contributed by atoms with Crippen LogP contribution in [-0.4, -0.2) is 41.2 Å². The Morgan fingerprint density at radius 2 is 1.36 bits per heavy atom. The van der Waals surface area contributed by atoms with Crippen LogP contribution in [0.25, 0.3) is 56.5 Å². The lowest BCUT2D eigenvalue weighted by Crippen LogP contribution is -2.14. The smallest absolute Gasteiger partial charge is 0.285 e. The summed E-state index contributed by atoms with van der Waals surface area (Å²) in [7, 11) is -8.69. The van der Waals surface area contributed by atoms with Crippen molar-refractivity contribution in [3.63, 3.8) is 0 Å². The molecule has 33 heavy (non-hydrogen) atoms. The van der Waals surface area contributed by atoms with Crippen molar-refractivity contribution in [2.24, 2.45) is 0 Å². The van der Waals surface area contributed by atoms with E-state index in [4.69, 9.17) is 9.97 Å². The van der Waals surface area contributed by atoms with Crippen molar-refractivity contribution in [1.29, 1.82) is 0 Å². The maximum atomic E-state index is 11.8. The number of benzene rings is 3. The second kappa shape index (κ2) is 6.55. The zero-order valence-corrected chi connectivity index (χ0v) is 18.3. The average molecular weight is 479 g/mol. The second-order valence-electron chi connectivity index (χ2n) is 7.94. The van der Waals surface area contributed by atoms with E-state index in [-0.39, 0.29) is 4.90 Å². The van der Waals surface area contributed by atoms with Crippen molar-refractivity contribution in [3.05, 3.63) is 65.7 Å². The summed E-state index contributed by atoms with van der Waals surface area (Å²) in [6.07, 6.45) is 6.01. The maximum Gasteiger partial charge on any atom is 0.294 e. The molecular weight excluding hydrogens is 464 g/mol. The Morgan fingerprint density at radius 1 is 0.758 bits per heavy atom. The van der Waals surface area contributed by atoms with Gasteiger partial charge in [-0.2, -0.15) is 16.8 Å². The Hall–Kier alpha value is -3.44.